The van der Waals surface area contributed by atoms with Crippen LogP contribution in [0.25, 0.3) is 0 Å². The standard InChI is InChI=1S/C17H19N5O5S/c1-20-10-21(5-6-27-2)17(26)12-8-13(23)11(9-22(12)20)15(24)18-19-16(25)14-4-3-7-28-14/h3-4,7-9H,5-6,10H2,1-2H3,(H,18,24)(H,19,25). The van der Waals surface area contributed by atoms with E-state index in [1.807, 2.05) is 0 Å². The minimum atomic E-state index is -0.770. The van der Waals surface area contributed by atoms with Crippen LogP contribution < -0.4 is 21.3 Å². The van der Waals surface area contributed by atoms with Gasteiger partial charge in [0.2, 0.25) is 0 Å². The minimum absolute atomic E-state index is 0.147. The Hall–Kier alpha value is -3.18. The van der Waals surface area contributed by atoms with Crippen LogP contribution in [-0.2, 0) is 4.74 Å². The van der Waals surface area contributed by atoms with Crippen molar-refractivity contribution in [1.29, 1.82) is 0 Å². The number of fused-ring (bicyclic) bond motifs is 1. The molecule has 0 atom stereocenters. The summed E-state index contributed by atoms with van der Waals surface area (Å²) in [5.41, 5.74) is 3.82. The molecular weight excluding hydrogens is 386 g/mol. The number of carbonyl (C=O) groups excluding carboxylic acids is 3. The highest BCUT2D eigenvalue weighted by Gasteiger charge is 2.28. The van der Waals surface area contributed by atoms with E-state index in [9.17, 15) is 19.2 Å². The van der Waals surface area contributed by atoms with Crippen LogP contribution >= 0.6 is 11.3 Å². The fourth-order valence-electron chi connectivity index (χ4n) is 2.70. The molecule has 0 saturated heterocycles. The predicted molar refractivity (Wildman–Crippen MR) is 102 cm³/mol. The van der Waals surface area contributed by atoms with Crippen molar-refractivity contribution in [3.8, 4) is 0 Å². The van der Waals surface area contributed by atoms with Crippen LogP contribution in [0.15, 0.2) is 34.6 Å². The summed E-state index contributed by atoms with van der Waals surface area (Å²) in [5.74, 6) is -1.58. The quantitative estimate of drug-likeness (QED) is 0.656. The molecule has 1 aliphatic rings. The minimum Gasteiger partial charge on any atom is -0.383 e. The molecule has 1 aliphatic heterocycles. The lowest BCUT2D eigenvalue weighted by Gasteiger charge is -2.37. The third kappa shape index (κ3) is 3.89. The fourth-order valence-corrected chi connectivity index (χ4v) is 3.32. The second kappa shape index (κ2) is 8.23. The fraction of sp³-hybridized carbons (Fsp3) is 0.294. The summed E-state index contributed by atoms with van der Waals surface area (Å²) >= 11 is 1.22. The van der Waals surface area contributed by atoms with Gasteiger partial charge in [-0.1, -0.05) is 6.07 Å². The molecule has 0 unspecified atom stereocenters. The zero-order chi connectivity index (χ0) is 20.3. The first kappa shape index (κ1) is 19.6. The third-order valence-electron chi connectivity index (χ3n) is 4.13. The van der Waals surface area contributed by atoms with E-state index in [-0.39, 0.29) is 23.8 Å². The van der Waals surface area contributed by atoms with Crippen molar-refractivity contribution < 1.29 is 19.1 Å². The molecule has 0 radical (unpaired) electrons. The van der Waals surface area contributed by atoms with Gasteiger partial charge in [-0.05, 0) is 11.4 Å². The van der Waals surface area contributed by atoms with Gasteiger partial charge in [0, 0.05) is 33.0 Å². The van der Waals surface area contributed by atoms with E-state index in [0.717, 1.165) is 6.07 Å². The Labute approximate surface area is 164 Å². The molecule has 0 aromatic carbocycles. The molecule has 2 aromatic heterocycles. The zero-order valence-electron chi connectivity index (χ0n) is 15.3. The summed E-state index contributed by atoms with van der Waals surface area (Å²) < 4.78 is 6.44. The number of carbonyl (C=O) groups is 3. The second-order valence-electron chi connectivity index (χ2n) is 6.03. The molecule has 148 valence electrons. The number of ether oxygens (including phenoxy) is 1. The summed E-state index contributed by atoms with van der Waals surface area (Å²) in [4.78, 5) is 51.2. The average Bonchev–Trinajstić information content (AvgIpc) is 3.22. The van der Waals surface area contributed by atoms with Crippen molar-refractivity contribution in [2.45, 2.75) is 0 Å². The van der Waals surface area contributed by atoms with E-state index >= 15 is 0 Å². The molecule has 0 aliphatic carbocycles. The molecule has 3 rings (SSSR count). The predicted octanol–water partition coefficient (Wildman–Crippen LogP) is -0.388. The lowest BCUT2D eigenvalue weighted by Crippen LogP contribution is -2.53. The van der Waals surface area contributed by atoms with Crippen LogP contribution in [0.3, 0.4) is 0 Å². The van der Waals surface area contributed by atoms with Gasteiger partial charge in [0.05, 0.1) is 11.5 Å². The highest BCUT2D eigenvalue weighted by Crippen LogP contribution is 2.12. The Balaban J connectivity index is 1.78. The van der Waals surface area contributed by atoms with E-state index in [1.165, 1.54) is 22.2 Å². The Morgan fingerprint density at radius 2 is 2.00 bits per heavy atom. The zero-order valence-corrected chi connectivity index (χ0v) is 16.1. The van der Waals surface area contributed by atoms with Gasteiger partial charge in [-0.3, -0.25) is 39.7 Å². The normalized spacial score (nSPS) is 13.3. The summed E-state index contributed by atoms with van der Waals surface area (Å²) in [6.07, 6.45) is 1.29. The number of hydrazine groups is 1. The first-order chi connectivity index (χ1) is 13.4. The van der Waals surface area contributed by atoms with Gasteiger partial charge in [-0.2, -0.15) is 0 Å². The maximum atomic E-state index is 12.6. The number of amides is 3. The monoisotopic (exact) mass is 405 g/mol. The first-order valence-electron chi connectivity index (χ1n) is 8.33. The van der Waals surface area contributed by atoms with Crippen LogP contribution in [0.1, 0.15) is 30.5 Å². The van der Waals surface area contributed by atoms with Crippen LogP contribution in [0.5, 0.6) is 0 Å². The van der Waals surface area contributed by atoms with Gasteiger partial charge in [0.15, 0.2) is 5.43 Å². The van der Waals surface area contributed by atoms with Crippen LogP contribution in [0.2, 0.25) is 0 Å². The SMILES string of the molecule is COCCN1CN(C)n2cc(C(=O)NNC(=O)c3cccs3)c(=O)cc2C1=O. The highest BCUT2D eigenvalue weighted by atomic mass is 32.1. The van der Waals surface area contributed by atoms with Gasteiger partial charge in [-0.25, -0.2) is 0 Å². The molecule has 0 spiro atoms. The summed E-state index contributed by atoms with van der Waals surface area (Å²) in [7, 11) is 3.26. The molecule has 0 bridgehead atoms. The van der Waals surface area contributed by atoms with Gasteiger partial charge in [0.1, 0.15) is 17.9 Å². The summed E-state index contributed by atoms with van der Waals surface area (Å²) in [5, 5.41) is 3.42. The number of methoxy groups -OCH3 is 1. The van der Waals surface area contributed by atoms with E-state index in [4.69, 9.17) is 4.74 Å². The van der Waals surface area contributed by atoms with Gasteiger partial charge >= 0.3 is 0 Å². The average molecular weight is 405 g/mol. The van der Waals surface area contributed by atoms with Crippen molar-refractivity contribution >= 4 is 29.1 Å². The lowest BCUT2D eigenvalue weighted by molar-refractivity contribution is 0.0634. The Kier molecular flexibility index (Phi) is 5.76. The van der Waals surface area contributed by atoms with Crippen molar-refractivity contribution in [2.75, 3.05) is 39.0 Å². The topological polar surface area (TPSA) is 113 Å². The number of nitrogens with one attached hydrogen (secondary N) is 2. The second-order valence-corrected chi connectivity index (χ2v) is 6.97. The summed E-state index contributed by atoms with van der Waals surface area (Å²) in [6, 6.07) is 4.43. The van der Waals surface area contributed by atoms with E-state index in [0.29, 0.717) is 18.0 Å². The third-order valence-corrected chi connectivity index (χ3v) is 4.99. The molecule has 2 N–H and O–H groups in total. The molecule has 0 saturated carbocycles. The van der Waals surface area contributed by atoms with Crippen molar-refractivity contribution in [3.05, 3.63) is 56.1 Å². The van der Waals surface area contributed by atoms with Gasteiger partial charge in [-0.15, -0.1) is 11.3 Å². The molecule has 3 heterocycles. The number of aromatic nitrogens is 1. The number of pyridine rings is 1. The van der Waals surface area contributed by atoms with E-state index in [2.05, 4.69) is 10.9 Å². The molecule has 10 nitrogen and oxygen atoms in total. The Bertz CT molecular complexity index is 955. The van der Waals surface area contributed by atoms with Crippen LogP contribution in [0, 0.1) is 0 Å². The Morgan fingerprint density at radius 1 is 1.25 bits per heavy atom. The van der Waals surface area contributed by atoms with Crippen LogP contribution in [0.4, 0.5) is 0 Å². The maximum absolute atomic E-state index is 12.6. The molecule has 3 amide bonds. The smallest absolute Gasteiger partial charge is 0.279 e. The van der Waals surface area contributed by atoms with Crippen molar-refractivity contribution in [2.24, 2.45) is 0 Å². The highest BCUT2D eigenvalue weighted by molar-refractivity contribution is 7.12. The first-order valence-corrected chi connectivity index (χ1v) is 9.21. The van der Waals surface area contributed by atoms with Crippen LogP contribution in [-0.4, -0.2) is 61.3 Å². The number of hydrogen-bond donors (Lipinski definition) is 2. The molecule has 0 fully saturated rings. The maximum Gasteiger partial charge on any atom is 0.279 e. The number of hydrogen-bond acceptors (Lipinski definition) is 7. The number of rotatable bonds is 5. The number of thiophene rings is 1. The van der Waals surface area contributed by atoms with Gasteiger partial charge in [0.25, 0.3) is 17.7 Å². The Morgan fingerprint density at radius 3 is 2.68 bits per heavy atom. The largest absolute Gasteiger partial charge is 0.383 e. The van der Waals surface area contributed by atoms with Gasteiger partial charge < -0.3 is 9.64 Å². The van der Waals surface area contributed by atoms with E-state index in [1.54, 1.807) is 41.6 Å². The lowest BCUT2D eigenvalue weighted by atomic mass is 10.2. The van der Waals surface area contributed by atoms with Crippen molar-refractivity contribution in [3.63, 3.8) is 0 Å². The molecular formula is C17H19N5O5S. The number of nitrogens with zero attached hydrogens (tertiary/aromatic N) is 3. The summed E-state index contributed by atoms with van der Waals surface area (Å²) in [6.45, 7) is 1.02. The molecule has 11 heteroatoms. The van der Waals surface area contributed by atoms with E-state index < -0.39 is 17.2 Å². The van der Waals surface area contributed by atoms with Crippen molar-refractivity contribution in [1.82, 2.24) is 20.4 Å². The molecule has 2 aromatic rings. The molecule has 28 heavy (non-hydrogen) atoms.